The van der Waals surface area contributed by atoms with Crippen LogP contribution in [-0.4, -0.2) is 45.8 Å². The highest BCUT2D eigenvalue weighted by Crippen LogP contribution is 2.26. The number of hydrogen-bond donors (Lipinski definition) is 1. The number of ether oxygens (including phenoxy) is 2. The molecule has 0 aliphatic heterocycles. The highest BCUT2D eigenvalue weighted by atomic mass is 32.2. The lowest BCUT2D eigenvalue weighted by Gasteiger charge is -2.30. The molecule has 9 heteroatoms. The van der Waals surface area contributed by atoms with Crippen molar-refractivity contribution in [3.63, 3.8) is 0 Å². The number of carbonyl (C=O) groups excluding carboxylic acids is 2. The van der Waals surface area contributed by atoms with Crippen molar-refractivity contribution in [1.82, 2.24) is 0 Å². The number of hydrogen-bond acceptors (Lipinski definition) is 6. The van der Waals surface area contributed by atoms with Gasteiger partial charge < -0.3 is 14.8 Å². The smallest absolute Gasteiger partial charge is 0.340 e. The van der Waals surface area contributed by atoms with Crippen molar-refractivity contribution in [2.24, 2.45) is 0 Å². The van der Waals surface area contributed by atoms with Gasteiger partial charge in [-0.05, 0) is 56.7 Å². The van der Waals surface area contributed by atoms with Crippen LogP contribution >= 0.6 is 0 Å². The lowest BCUT2D eigenvalue weighted by Crippen LogP contribution is -2.47. The zero-order valence-electron chi connectivity index (χ0n) is 18.1. The van der Waals surface area contributed by atoms with Crippen molar-refractivity contribution >= 4 is 33.3 Å². The number of amides is 1. The van der Waals surface area contributed by atoms with E-state index in [0.29, 0.717) is 18.0 Å². The summed E-state index contributed by atoms with van der Waals surface area (Å²) in [4.78, 5) is 25.3. The molecule has 0 aliphatic rings. The highest BCUT2D eigenvalue weighted by molar-refractivity contribution is 7.92. The second-order valence-electron chi connectivity index (χ2n) is 6.67. The molecular formula is C22H28N2O6S. The zero-order chi connectivity index (χ0) is 23.0. The topological polar surface area (TPSA) is 102 Å². The van der Waals surface area contributed by atoms with Gasteiger partial charge >= 0.3 is 5.97 Å². The van der Waals surface area contributed by atoms with Crippen LogP contribution in [0.2, 0.25) is 0 Å². The first-order chi connectivity index (χ1) is 14.7. The van der Waals surface area contributed by atoms with Crippen LogP contribution in [-0.2, 0) is 19.6 Å². The molecule has 0 bridgehead atoms. The van der Waals surface area contributed by atoms with E-state index >= 15 is 0 Å². The van der Waals surface area contributed by atoms with Crippen LogP contribution in [0.5, 0.6) is 5.75 Å². The molecule has 0 spiro atoms. The molecule has 0 aliphatic carbocycles. The van der Waals surface area contributed by atoms with Crippen molar-refractivity contribution in [2.75, 3.05) is 29.1 Å². The van der Waals surface area contributed by atoms with Gasteiger partial charge in [-0.2, -0.15) is 0 Å². The second kappa shape index (κ2) is 10.8. The summed E-state index contributed by atoms with van der Waals surface area (Å²) in [7, 11) is -3.79. The molecule has 1 N–H and O–H groups in total. The molecule has 8 nitrogen and oxygen atoms in total. The number of nitrogens with zero attached hydrogens (tertiary/aromatic N) is 1. The number of rotatable bonds is 10. The zero-order valence-corrected chi connectivity index (χ0v) is 18.9. The molecule has 0 aromatic heterocycles. The molecule has 1 atom stereocenters. The summed E-state index contributed by atoms with van der Waals surface area (Å²) >= 11 is 0. The molecule has 1 unspecified atom stereocenters. The maximum atomic E-state index is 13.1. The third-order valence-corrected chi connectivity index (χ3v) is 5.59. The summed E-state index contributed by atoms with van der Waals surface area (Å²) in [6.07, 6.45) is 1.26. The molecule has 2 aromatic carbocycles. The summed E-state index contributed by atoms with van der Waals surface area (Å²) in [5.41, 5.74) is 0.788. The Labute approximate surface area is 183 Å². The minimum Gasteiger partial charge on any atom is -0.494 e. The molecule has 0 saturated heterocycles. The monoisotopic (exact) mass is 448 g/mol. The molecule has 0 radical (unpaired) electrons. The van der Waals surface area contributed by atoms with E-state index in [4.69, 9.17) is 9.47 Å². The Balaban J connectivity index is 2.37. The van der Waals surface area contributed by atoms with Gasteiger partial charge in [-0.25, -0.2) is 13.2 Å². The van der Waals surface area contributed by atoms with Gasteiger partial charge in [0, 0.05) is 0 Å². The number of carbonyl (C=O) groups is 2. The number of sulfonamides is 1. The first-order valence-electron chi connectivity index (χ1n) is 10.0. The molecule has 0 saturated carbocycles. The molecule has 2 rings (SSSR count). The van der Waals surface area contributed by atoms with Gasteiger partial charge in [0.1, 0.15) is 11.8 Å². The van der Waals surface area contributed by atoms with Gasteiger partial charge in [-0.1, -0.05) is 19.1 Å². The summed E-state index contributed by atoms with van der Waals surface area (Å²) in [5.74, 6) is -0.531. The first kappa shape index (κ1) is 24.2. The van der Waals surface area contributed by atoms with Gasteiger partial charge in [-0.15, -0.1) is 0 Å². The lowest BCUT2D eigenvalue weighted by atomic mass is 10.1. The summed E-state index contributed by atoms with van der Waals surface area (Å²) < 4.78 is 36.7. The Hall–Kier alpha value is -3.07. The maximum absolute atomic E-state index is 13.1. The third-order valence-electron chi connectivity index (χ3n) is 4.41. The molecule has 31 heavy (non-hydrogen) atoms. The number of para-hydroxylation sites is 1. The van der Waals surface area contributed by atoms with Gasteiger partial charge in [0.2, 0.25) is 15.9 Å². The van der Waals surface area contributed by atoms with Crippen LogP contribution in [0.15, 0.2) is 48.5 Å². The van der Waals surface area contributed by atoms with E-state index in [1.807, 2.05) is 6.92 Å². The van der Waals surface area contributed by atoms with Crippen LogP contribution in [0.3, 0.4) is 0 Å². The third kappa shape index (κ3) is 6.21. The van der Waals surface area contributed by atoms with Crippen molar-refractivity contribution in [2.45, 2.75) is 33.2 Å². The fourth-order valence-electron chi connectivity index (χ4n) is 3.11. The van der Waals surface area contributed by atoms with Crippen LogP contribution < -0.4 is 14.4 Å². The first-order valence-corrected chi connectivity index (χ1v) is 11.9. The van der Waals surface area contributed by atoms with Crippen LogP contribution in [0, 0.1) is 0 Å². The van der Waals surface area contributed by atoms with Crippen LogP contribution in [0.25, 0.3) is 0 Å². The van der Waals surface area contributed by atoms with E-state index in [0.717, 1.165) is 10.6 Å². The Bertz CT molecular complexity index is 1000. The fraction of sp³-hybridized carbons (Fsp3) is 0.364. The predicted molar refractivity (Wildman–Crippen MR) is 120 cm³/mol. The lowest BCUT2D eigenvalue weighted by molar-refractivity contribution is -0.117. The maximum Gasteiger partial charge on any atom is 0.340 e. The van der Waals surface area contributed by atoms with E-state index in [1.165, 1.54) is 6.07 Å². The summed E-state index contributed by atoms with van der Waals surface area (Å²) in [6, 6.07) is 11.9. The number of anilines is 2. The standard InChI is InChI=1S/C22H28N2O6S/c1-5-20(21(25)23-19-11-9-8-10-18(19)22(26)30-7-3)24(31(4,27)28)16-12-14-17(15-13-16)29-6-2/h8-15,20H,5-7H2,1-4H3,(H,23,25). The van der Waals surface area contributed by atoms with Crippen LogP contribution in [0.1, 0.15) is 37.6 Å². The molecule has 2 aromatic rings. The van der Waals surface area contributed by atoms with Crippen LogP contribution in [0.4, 0.5) is 11.4 Å². The minimum absolute atomic E-state index is 0.193. The SMILES string of the molecule is CCOC(=O)c1ccccc1NC(=O)C(CC)N(c1ccc(OCC)cc1)S(C)(=O)=O. The Morgan fingerprint density at radius 1 is 1.00 bits per heavy atom. The number of esters is 1. The average molecular weight is 449 g/mol. The van der Waals surface area contributed by atoms with Gasteiger partial charge in [0.05, 0.1) is 36.4 Å². The summed E-state index contributed by atoms with van der Waals surface area (Å²) in [6.45, 7) is 5.93. The van der Waals surface area contributed by atoms with E-state index in [1.54, 1.807) is 56.3 Å². The number of benzene rings is 2. The predicted octanol–water partition coefficient (Wildman–Crippen LogP) is 3.45. The molecule has 0 fully saturated rings. The Morgan fingerprint density at radius 3 is 2.19 bits per heavy atom. The molecular weight excluding hydrogens is 420 g/mol. The quantitative estimate of drug-likeness (QED) is 0.559. The normalized spacial score (nSPS) is 12.0. The van der Waals surface area contributed by atoms with Gasteiger partial charge in [0.15, 0.2) is 0 Å². The van der Waals surface area contributed by atoms with E-state index in [2.05, 4.69) is 5.32 Å². The van der Waals surface area contributed by atoms with E-state index in [-0.39, 0.29) is 24.3 Å². The van der Waals surface area contributed by atoms with Crippen molar-refractivity contribution in [3.05, 3.63) is 54.1 Å². The number of nitrogens with one attached hydrogen (secondary N) is 1. The van der Waals surface area contributed by atoms with Crippen molar-refractivity contribution in [3.8, 4) is 5.75 Å². The van der Waals surface area contributed by atoms with Gasteiger partial charge in [-0.3, -0.25) is 9.10 Å². The highest BCUT2D eigenvalue weighted by Gasteiger charge is 2.32. The van der Waals surface area contributed by atoms with Crippen molar-refractivity contribution < 1.29 is 27.5 Å². The molecule has 0 heterocycles. The van der Waals surface area contributed by atoms with Gasteiger partial charge in [0.25, 0.3) is 0 Å². The largest absolute Gasteiger partial charge is 0.494 e. The summed E-state index contributed by atoms with van der Waals surface area (Å²) in [5, 5.41) is 2.68. The second-order valence-corrected chi connectivity index (χ2v) is 8.52. The molecule has 168 valence electrons. The Morgan fingerprint density at radius 2 is 1.65 bits per heavy atom. The van der Waals surface area contributed by atoms with E-state index < -0.39 is 27.9 Å². The van der Waals surface area contributed by atoms with Crippen molar-refractivity contribution in [1.29, 1.82) is 0 Å². The van der Waals surface area contributed by atoms with E-state index in [9.17, 15) is 18.0 Å². The average Bonchev–Trinajstić information content (AvgIpc) is 2.72. The minimum atomic E-state index is -3.79. The fourth-order valence-corrected chi connectivity index (χ4v) is 4.32. The Kier molecular flexibility index (Phi) is 8.44. The molecule has 1 amide bonds.